The van der Waals surface area contributed by atoms with Crippen molar-refractivity contribution in [2.45, 2.75) is 40.7 Å². The molecule has 0 aliphatic heterocycles. The molecule has 0 saturated heterocycles. The molecule has 0 spiro atoms. The number of aryl methyl sites for hydroxylation is 1. The van der Waals surface area contributed by atoms with Crippen molar-refractivity contribution in [1.29, 1.82) is 0 Å². The standard InChI is InChI=1S/C27H28ClN3/c1-17-14-26(30-18(2)27(3,4)5)31-25-13-8-20(15-23(17)25)24-12-9-21(16-29-24)19-6-10-22(28)11-7-19/h6-16,18H,1-5H3,(H,30,31)/t18-/m0/s1. The monoisotopic (exact) mass is 429 g/mol. The van der Waals surface area contributed by atoms with Gasteiger partial charge in [-0.3, -0.25) is 4.98 Å². The summed E-state index contributed by atoms with van der Waals surface area (Å²) in [6.45, 7) is 11.0. The van der Waals surface area contributed by atoms with Crippen molar-refractivity contribution in [3.63, 3.8) is 0 Å². The summed E-state index contributed by atoms with van der Waals surface area (Å²) in [6.07, 6.45) is 1.91. The molecule has 2 aromatic carbocycles. The third-order valence-electron chi connectivity index (χ3n) is 5.92. The molecule has 31 heavy (non-hydrogen) atoms. The lowest BCUT2D eigenvalue weighted by Crippen LogP contribution is -2.31. The number of nitrogens with one attached hydrogen (secondary N) is 1. The molecule has 0 saturated carbocycles. The number of nitrogens with zero attached hydrogens (tertiary/aromatic N) is 2. The van der Waals surface area contributed by atoms with Crippen molar-refractivity contribution >= 4 is 28.3 Å². The Balaban J connectivity index is 1.62. The minimum absolute atomic E-state index is 0.165. The molecule has 0 fully saturated rings. The van der Waals surface area contributed by atoms with Gasteiger partial charge in [0.25, 0.3) is 0 Å². The van der Waals surface area contributed by atoms with Crippen molar-refractivity contribution in [2.75, 3.05) is 5.32 Å². The molecule has 1 atom stereocenters. The maximum atomic E-state index is 5.99. The van der Waals surface area contributed by atoms with Crippen molar-refractivity contribution in [3.8, 4) is 22.4 Å². The average Bonchev–Trinajstić information content (AvgIpc) is 2.74. The van der Waals surface area contributed by atoms with Crippen molar-refractivity contribution in [1.82, 2.24) is 9.97 Å². The lowest BCUT2D eigenvalue weighted by molar-refractivity contribution is 0.359. The van der Waals surface area contributed by atoms with Crippen LogP contribution in [0.2, 0.25) is 5.02 Å². The predicted molar refractivity (Wildman–Crippen MR) is 133 cm³/mol. The van der Waals surface area contributed by atoms with Gasteiger partial charge in [-0.1, -0.05) is 56.6 Å². The molecule has 0 bridgehead atoms. The second kappa shape index (κ2) is 8.32. The smallest absolute Gasteiger partial charge is 0.127 e. The molecule has 3 nitrogen and oxygen atoms in total. The Morgan fingerprint density at radius 2 is 1.55 bits per heavy atom. The summed E-state index contributed by atoms with van der Waals surface area (Å²) < 4.78 is 0. The molecule has 0 unspecified atom stereocenters. The summed E-state index contributed by atoms with van der Waals surface area (Å²) in [5, 5.41) is 5.44. The van der Waals surface area contributed by atoms with Gasteiger partial charge in [-0.25, -0.2) is 4.98 Å². The molecule has 1 N–H and O–H groups in total. The van der Waals surface area contributed by atoms with Gasteiger partial charge in [-0.15, -0.1) is 0 Å². The summed E-state index contributed by atoms with van der Waals surface area (Å²) in [7, 11) is 0. The summed E-state index contributed by atoms with van der Waals surface area (Å²) in [6, 6.07) is 20.8. The van der Waals surface area contributed by atoms with Crippen LogP contribution in [0, 0.1) is 12.3 Å². The average molecular weight is 430 g/mol. The van der Waals surface area contributed by atoms with E-state index in [-0.39, 0.29) is 5.41 Å². The summed E-state index contributed by atoms with van der Waals surface area (Å²) in [5.41, 5.74) is 6.57. The molecule has 0 aliphatic rings. The maximum absolute atomic E-state index is 5.99. The van der Waals surface area contributed by atoms with Crippen LogP contribution in [0.25, 0.3) is 33.3 Å². The van der Waals surface area contributed by atoms with Gasteiger partial charge in [0, 0.05) is 33.8 Å². The number of rotatable bonds is 4. The first kappa shape index (κ1) is 21.3. The summed E-state index contributed by atoms with van der Waals surface area (Å²) in [4.78, 5) is 9.55. The van der Waals surface area contributed by atoms with E-state index >= 15 is 0 Å². The first-order valence-corrected chi connectivity index (χ1v) is 11.0. The van der Waals surface area contributed by atoms with E-state index in [4.69, 9.17) is 21.6 Å². The Hall–Kier alpha value is -2.91. The van der Waals surface area contributed by atoms with E-state index in [2.05, 4.69) is 76.3 Å². The number of benzene rings is 2. The van der Waals surface area contributed by atoms with Gasteiger partial charge in [0.2, 0.25) is 0 Å². The van der Waals surface area contributed by atoms with E-state index in [1.165, 1.54) is 5.56 Å². The van der Waals surface area contributed by atoms with Gasteiger partial charge in [0.15, 0.2) is 0 Å². The zero-order chi connectivity index (χ0) is 22.2. The highest BCUT2D eigenvalue weighted by Crippen LogP contribution is 2.29. The largest absolute Gasteiger partial charge is 0.367 e. The third kappa shape index (κ3) is 4.72. The zero-order valence-corrected chi connectivity index (χ0v) is 19.5. The van der Waals surface area contributed by atoms with Gasteiger partial charge in [0.1, 0.15) is 5.82 Å². The van der Waals surface area contributed by atoms with Crippen LogP contribution in [0.1, 0.15) is 33.3 Å². The van der Waals surface area contributed by atoms with E-state index in [9.17, 15) is 0 Å². The van der Waals surface area contributed by atoms with Gasteiger partial charge in [0.05, 0.1) is 11.2 Å². The summed E-state index contributed by atoms with van der Waals surface area (Å²) >= 11 is 5.99. The van der Waals surface area contributed by atoms with Crippen molar-refractivity contribution in [3.05, 3.63) is 77.4 Å². The molecule has 0 amide bonds. The molecule has 4 rings (SSSR count). The fraction of sp³-hybridized carbons (Fsp3) is 0.259. The van der Waals surface area contributed by atoms with E-state index in [0.29, 0.717) is 6.04 Å². The second-order valence-corrected chi connectivity index (χ2v) is 9.66. The van der Waals surface area contributed by atoms with Gasteiger partial charge < -0.3 is 5.32 Å². The number of pyridine rings is 2. The van der Waals surface area contributed by atoms with Gasteiger partial charge in [-0.05, 0) is 66.8 Å². The molecule has 4 heteroatoms. The van der Waals surface area contributed by atoms with E-state index < -0.39 is 0 Å². The fourth-order valence-corrected chi connectivity index (χ4v) is 3.57. The molecule has 0 radical (unpaired) electrons. The Morgan fingerprint density at radius 3 is 2.19 bits per heavy atom. The van der Waals surface area contributed by atoms with E-state index in [1.54, 1.807) is 0 Å². The SMILES string of the molecule is Cc1cc(N[C@@H](C)C(C)(C)C)nc2ccc(-c3ccc(-c4ccc(Cl)cc4)cn3)cc12. The highest BCUT2D eigenvalue weighted by atomic mass is 35.5. The molecular formula is C27H28ClN3. The van der Waals surface area contributed by atoms with E-state index in [1.807, 2.05) is 30.5 Å². The number of aromatic nitrogens is 2. The lowest BCUT2D eigenvalue weighted by atomic mass is 9.88. The van der Waals surface area contributed by atoms with Gasteiger partial charge >= 0.3 is 0 Å². The number of hydrogen-bond donors (Lipinski definition) is 1. The third-order valence-corrected chi connectivity index (χ3v) is 6.17. The highest BCUT2D eigenvalue weighted by Gasteiger charge is 2.20. The number of halogens is 1. The van der Waals surface area contributed by atoms with Crippen LogP contribution in [-0.2, 0) is 0 Å². The first-order valence-electron chi connectivity index (χ1n) is 10.6. The van der Waals surface area contributed by atoms with Crippen LogP contribution in [0.4, 0.5) is 5.82 Å². The number of anilines is 1. The Morgan fingerprint density at radius 1 is 0.871 bits per heavy atom. The van der Waals surface area contributed by atoms with Crippen molar-refractivity contribution < 1.29 is 0 Å². The highest BCUT2D eigenvalue weighted by molar-refractivity contribution is 6.30. The maximum Gasteiger partial charge on any atom is 0.127 e. The van der Waals surface area contributed by atoms with Crippen molar-refractivity contribution in [2.24, 2.45) is 5.41 Å². The normalized spacial score (nSPS) is 12.7. The number of hydrogen-bond acceptors (Lipinski definition) is 3. The topological polar surface area (TPSA) is 37.8 Å². The summed E-state index contributed by atoms with van der Waals surface area (Å²) in [5.74, 6) is 0.922. The molecule has 0 aliphatic carbocycles. The van der Waals surface area contributed by atoms with Crippen LogP contribution in [-0.4, -0.2) is 16.0 Å². The first-order chi connectivity index (χ1) is 14.7. The van der Waals surface area contributed by atoms with Crippen LogP contribution >= 0.6 is 11.6 Å². The quantitative estimate of drug-likeness (QED) is 0.360. The van der Waals surface area contributed by atoms with Gasteiger partial charge in [-0.2, -0.15) is 0 Å². The Bertz CT molecular complexity index is 1210. The molecular weight excluding hydrogens is 402 g/mol. The van der Waals surface area contributed by atoms with E-state index in [0.717, 1.165) is 44.1 Å². The Kier molecular flexibility index (Phi) is 5.72. The minimum atomic E-state index is 0.165. The fourth-order valence-electron chi connectivity index (χ4n) is 3.44. The van der Waals surface area contributed by atoms with Crippen LogP contribution < -0.4 is 5.32 Å². The lowest BCUT2D eigenvalue weighted by Gasteiger charge is -2.28. The van der Waals surface area contributed by atoms with Crippen LogP contribution in [0.3, 0.4) is 0 Å². The van der Waals surface area contributed by atoms with Crippen LogP contribution in [0.15, 0.2) is 66.9 Å². The second-order valence-electron chi connectivity index (χ2n) is 9.23. The Labute approximate surface area is 189 Å². The predicted octanol–water partition coefficient (Wildman–Crippen LogP) is 7.77. The molecule has 2 aromatic heterocycles. The number of fused-ring (bicyclic) bond motifs is 1. The minimum Gasteiger partial charge on any atom is -0.367 e. The molecule has 2 heterocycles. The zero-order valence-electron chi connectivity index (χ0n) is 18.7. The molecule has 4 aromatic rings. The van der Waals surface area contributed by atoms with Crippen LogP contribution in [0.5, 0.6) is 0 Å². The molecule has 158 valence electrons.